The summed E-state index contributed by atoms with van der Waals surface area (Å²) in [6, 6.07) is 1.61. The number of rotatable bonds is 5. The molecule has 4 nitrogen and oxygen atoms in total. The summed E-state index contributed by atoms with van der Waals surface area (Å²) in [4.78, 5) is 0. The summed E-state index contributed by atoms with van der Waals surface area (Å²) in [6.45, 7) is 2.19. The maximum absolute atomic E-state index is 12.0. The number of nitrogens with one attached hydrogen (secondary N) is 1. The summed E-state index contributed by atoms with van der Waals surface area (Å²) >= 11 is 4.55. The predicted octanol–water partition coefficient (Wildman–Crippen LogP) is 2.26. The molecular weight excluding hydrogens is 360 g/mol. The predicted molar refractivity (Wildman–Crippen MR) is 79.9 cm³/mol. The molecule has 3 N–H and O–H groups in total. The van der Waals surface area contributed by atoms with Gasteiger partial charge in [0.2, 0.25) is 10.0 Å². The van der Waals surface area contributed by atoms with Gasteiger partial charge in [-0.1, -0.05) is 0 Å². The van der Waals surface area contributed by atoms with Crippen molar-refractivity contribution in [3.63, 3.8) is 0 Å². The Balaban J connectivity index is 0.00000162. The molecule has 0 aliphatic heterocycles. The molecule has 104 valence electrons. The highest BCUT2D eigenvalue weighted by atomic mass is 79.9. The van der Waals surface area contributed by atoms with Gasteiger partial charge in [-0.25, -0.2) is 13.1 Å². The Kier molecular flexibility index (Phi) is 5.64. The summed E-state index contributed by atoms with van der Waals surface area (Å²) in [5.74, 6) is 0.495. The third kappa shape index (κ3) is 3.91. The summed E-state index contributed by atoms with van der Waals surface area (Å²) in [6.07, 6.45) is 2.24. The Labute approximate surface area is 126 Å². The van der Waals surface area contributed by atoms with Gasteiger partial charge in [-0.2, -0.15) is 0 Å². The molecular formula is C10H16BrClN2O2S2. The lowest BCUT2D eigenvalue weighted by atomic mass is 10.2. The summed E-state index contributed by atoms with van der Waals surface area (Å²) < 4.78 is 27.7. The first kappa shape index (κ1) is 16.4. The molecule has 1 aliphatic carbocycles. The minimum Gasteiger partial charge on any atom is -0.326 e. The Hall–Kier alpha value is 0.340. The van der Waals surface area contributed by atoms with Gasteiger partial charge in [0.1, 0.15) is 4.21 Å². The van der Waals surface area contributed by atoms with Crippen LogP contribution in [0.25, 0.3) is 0 Å². The van der Waals surface area contributed by atoms with Crippen molar-refractivity contribution in [2.75, 3.05) is 6.54 Å². The van der Waals surface area contributed by atoms with Crippen LogP contribution in [0.3, 0.4) is 0 Å². The van der Waals surface area contributed by atoms with E-state index in [-0.39, 0.29) is 18.4 Å². The first-order chi connectivity index (χ1) is 7.90. The van der Waals surface area contributed by atoms with Crippen molar-refractivity contribution < 1.29 is 8.42 Å². The van der Waals surface area contributed by atoms with E-state index >= 15 is 0 Å². The van der Waals surface area contributed by atoms with Crippen LogP contribution in [0.4, 0.5) is 0 Å². The van der Waals surface area contributed by atoms with Crippen molar-refractivity contribution in [1.29, 1.82) is 0 Å². The van der Waals surface area contributed by atoms with Crippen LogP contribution < -0.4 is 10.5 Å². The largest absolute Gasteiger partial charge is 0.326 e. The first-order valence-corrected chi connectivity index (χ1v) is 8.50. The van der Waals surface area contributed by atoms with E-state index in [0.29, 0.717) is 16.7 Å². The molecule has 2 rings (SSSR count). The summed E-state index contributed by atoms with van der Waals surface area (Å²) in [5, 5.41) is 0. The zero-order chi connectivity index (χ0) is 12.6. The lowest BCUT2D eigenvalue weighted by molar-refractivity contribution is 0.549. The van der Waals surface area contributed by atoms with E-state index in [0.717, 1.165) is 22.2 Å². The van der Waals surface area contributed by atoms with Crippen LogP contribution in [0.2, 0.25) is 0 Å². The van der Waals surface area contributed by atoms with Crippen molar-refractivity contribution >= 4 is 49.7 Å². The smallest absolute Gasteiger partial charge is 0.250 e. The van der Waals surface area contributed by atoms with E-state index in [9.17, 15) is 8.42 Å². The molecule has 1 heterocycles. The van der Waals surface area contributed by atoms with Gasteiger partial charge in [-0.3, -0.25) is 0 Å². The molecule has 1 saturated carbocycles. The Morgan fingerprint density at radius 1 is 1.61 bits per heavy atom. The van der Waals surface area contributed by atoms with E-state index in [1.165, 1.54) is 11.3 Å². The fourth-order valence-electron chi connectivity index (χ4n) is 1.53. The molecule has 0 aromatic carbocycles. The van der Waals surface area contributed by atoms with Crippen LogP contribution in [-0.2, 0) is 10.0 Å². The number of sulfonamides is 1. The zero-order valence-electron chi connectivity index (χ0n) is 9.85. The van der Waals surface area contributed by atoms with Gasteiger partial charge in [0.25, 0.3) is 0 Å². The molecule has 1 aromatic rings. The summed E-state index contributed by atoms with van der Waals surface area (Å²) in [5.41, 5.74) is 6.80. The molecule has 18 heavy (non-hydrogen) atoms. The fourth-order valence-corrected chi connectivity index (χ4v) is 4.88. The molecule has 0 bridgehead atoms. The van der Waals surface area contributed by atoms with Crippen molar-refractivity contribution in [3.8, 4) is 0 Å². The van der Waals surface area contributed by atoms with Gasteiger partial charge in [0.05, 0.1) is 3.79 Å². The number of hydrogen-bond donors (Lipinski definition) is 2. The van der Waals surface area contributed by atoms with Crippen LogP contribution in [-0.4, -0.2) is 21.0 Å². The van der Waals surface area contributed by atoms with Gasteiger partial charge >= 0.3 is 0 Å². The highest BCUT2D eigenvalue weighted by Crippen LogP contribution is 2.32. The number of thiophene rings is 1. The quantitative estimate of drug-likeness (QED) is 0.829. The molecule has 0 radical (unpaired) electrons. The minimum absolute atomic E-state index is 0. The molecule has 1 atom stereocenters. The molecule has 1 aliphatic rings. The highest BCUT2D eigenvalue weighted by Gasteiger charge is 2.29. The topological polar surface area (TPSA) is 72.2 Å². The van der Waals surface area contributed by atoms with Crippen molar-refractivity contribution in [2.24, 2.45) is 11.7 Å². The van der Waals surface area contributed by atoms with Gasteiger partial charge in [-0.15, -0.1) is 23.7 Å². The fraction of sp³-hybridized carbons (Fsp3) is 0.600. The molecule has 0 amide bonds. The normalized spacial score (nSPS) is 17.3. The molecule has 1 fully saturated rings. The Morgan fingerprint density at radius 2 is 2.22 bits per heavy atom. The van der Waals surface area contributed by atoms with Gasteiger partial charge < -0.3 is 5.73 Å². The third-order valence-corrected chi connectivity index (χ3v) is 6.87. The van der Waals surface area contributed by atoms with Crippen molar-refractivity contribution in [2.45, 2.75) is 30.0 Å². The second kappa shape index (κ2) is 6.19. The molecule has 0 spiro atoms. The monoisotopic (exact) mass is 374 g/mol. The molecule has 0 saturated heterocycles. The van der Waals surface area contributed by atoms with Gasteiger partial charge in [0, 0.05) is 12.6 Å². The Bertz CT molecular complexity index is 494. The van der Waals surface area contributed by atoms with Gasteiger partial charge in [-0.05, 0) is 53.2 Å². The van der Waals surface area contributed by atoms with E-state index in [1.807, 2.05) is 6.92 Å². The average Bonchev–Trinajstić information content (AvgIpc) is 3.04. The third-order valence-electron chi connectivity index (χ3n) is 2.84. The van der Waals surface area contributed by atoms with Crippen LogP contribution in [0.15, 0.2) is 14.1 Å². The summed E-state index contributed by atoms with van der Waals surface area (Å²) in [7, 11) is -3.40. The van der Waals surface area contributed by atoms with Crippen LogP contribution in [0, 0.1) is 12.8 Å². The maximum Gasteiger partial charge on any atom is 0.250 e. The molecule has 1 aromatic heterocycles. The number of halogens is 2. The lowest BCUT2D eigenvalue weighted by Gasteiger charge is -2.10. The van der Waals surface area contributed by atoms with Crippen molar-refractivity contribution in [1.82, 2.24) is 4.72 Å². The van der Waals surface area contributed by atoms with E-state index < -0.39 is 10.0 Å². The second-order valence-corrected chi connectivity index (χ2v) is 8.74. The van der Waals surface area contributed by atoms with E-state index in [1.54, 1.807) is 6.07 Å². The minimum atomic E-state index is -3.40. The van der Waals surface area contributed by atoms with Gasteiger partial charge in [0.15, 0.2) is 0 Å². The van der Waals surface area contributed by atoms with E-state index in [2.05, 4.69) is 20.7 Å². The number of hydrogen-bond acceptors (Lipinski definition) is 4. The SMILES string of the molecule is Cc1cc(S(=O)(=O)NCC(N)C2CC2)sc1Br.Cl. The maximum atomic E-state index is 12.0. The molecule has 1 unspecified atom stereocenters. The van der Waals surface area contributed by atoms with Crippen molar-refractivity contribution in [3.05, 3.63) is 15.4 Å². The number of nitrogens with two attached hydrogens (primary N) is 1. The Morgan fingerprint density at radius 3 is 2.67 bits per heavy atom. The lowest BCUT2D eigenvalue weighted by Crippen LogP contribution is -2.38. The highest BCUT2D eigenvalue weighted by molar-refractivity contribution is 9.11. The average molecular weight is 376 g/mol. The second-order valence-electron chi connectivity index (χ2n) is 4.38. The molecule has 8 heteroatoms. The van der Waals surface area contributed by atoms with Crippen LogP contribution in [0.5, 0.6) is 0 Å². The standard InChI is InChI=1S/C10H15BrN2O2S2.ClH/c1-6-4-9(16-10(6)11)17(14,15)13-5-8(12)7-2-3-7;/h4,7-8,13H,2-3,5,12H2,1H3;1H. The number of aryl methyl sites for hydroxylation is 1. The zero-order valence-corrected chi connectivity index (χ0v) is 13.9. The first-order valence-electron chi connectivity index (χ1n) is 5.41. The van der Waals surface area contributed by atoms with E-state index in [4.69, 9.17) is 5.73 Å². The van der Waals surface area contributed by atoms with Crippen LogP contribution in [0.1, 0.15) is 18.4 Å². The van der Waals surface area contributed by atoms with Crippen LogP contribution >= 0.6 is 39.7 Å².